The average Bonchev–Trinajstić information content (AvgIpc) is 2.64. The Morgan fingerprint density at radius 1 is 0.350 bits per heavy atom. The Bertz CT molecular complexity index is 693. The van der Waals surface area contributed by atoms with Crippen LogP contribution in [-0.4, -0.2) is 34.7 Å². The third-order valence-electron chi connectivity index (χ3n) is 5.74. The summed E-state index contributed by atoms with van der Waals surface area (Å²) < 4.78 is 0. The first-order valence-corrected chi connectivity index (χ1v) is 13.4. The first-order valence-electron chi connectivity index (χ1n) is 13.4. The van der Waals surface area contributed by atoms with Crippen molar-refractivity contribution in [1.29, 1.82) is 0 Å². The van der Waals surface area contributed by atoms with Crippen molar-refractivity contribution in [1.82, 2.24) is 0 Å². The quantitative estimate of drug-likeness (QED) is 0.156. The Morgan fingerprint density at radius 2 is 0.475 bits per heavy atom. The molecule has 0 saturated carbocycles. The van der Waals surface area contributed by atoms with E-state index < -0.39 is 32.5 Å². The number of hydrogen-bond acceptors (Lipinski definition) is 6. The van der Waals surface area contributed by atoms with E-state index in [9.17, 15) is 28.8 Å². The molecule has 7 heteroatoms. The largest absolute Gasteiger partial charge is 3.00 e. The minimum atomic E-state index is -0.652. The first kappa shape index (κ1) is 45.5. The van der Waals surface area contributed by atoms with Gasteiger partial charge in [0.1, 0.15) is 34.7 Å². The van der Waals surface area contributed by atoms with Gasteiger partial charge in [0.05, 0.1) is 19.3 Å². The molecule has 0 aliphatic carbocycles. The van der Waals surface area contributed by atoms with Gasteiger partial charge in [-0.3, -0.25) is 14.4 Å². The van der Waals surface area contributed by atoms with Crippen molar-refractivity contribution in [3.05, 3.63) is 20.8 Å². The molecule has 0 saturated heterocycles. The second-order valence-corrected chi connectivity index (χ2v) is 15.5. The zero-order valence-corrected chi connectivity index (χ0v) is 29.1. The van der Waals surface area contributed by atoms with E-state index in [1.54, 1.807) is 41.5 Å². The van der Waals surface area contributed by atoms with Gasteiger partial charge in [0.2, 0.25) is 0 Å². The zero-order valence-electron chi connectivity index (χ0n) is 28.0. The molecule has 0 rings (SSSR count). The summed E-state index contributed by atoms with van der Waals surface area (Å²) in [5.74, 6) is -0.329. The van der Waals surface area contributed by atoms with E-state index in [1.807, 2.05) is 62.3 Å². The van der Waals surface area contributed by atoms with Crippen molar-refractivity contribution >= 4 is 34.7 Å². The number of rotatable bonds is 9. The molecule has 0 spiro atoms. The van der Waals surface area contributed by atoms with Crippen molar-refractivity contribution in [2.75, 3.05) is 0 Å². The standard InChI is InChI=1S/3C11H19O2.Fe/c3*1-10(2,3)8(12)7-9(13)11(4,5)6;/h3*1,7H2,2-6H3;/q3*-1;+3. The Hall–Kier alpha value is -1.46. The number of hydrogen-bond donors (Lipinski definition) is 0. The molecule has 0 unspecified atom stereocenters. The summed E-state index contributed by atoms with van der Waals surface area (Å²) >= 11 is 0. The molecule has 0 aliphatic rings. The topological polar surface area (TPSA) is 102 Å². The van der Waals surface area contributed by atoms with E-state index in [4.69, 9.17) is 0 Å². The van der Waals surface area contributed by atoms with Gasteiger partial charge in [0.25, 0.3) is 0 Å². The molecule has 0 amide bonds. The van der Waals surface area contributed by atoms with Gasteiger partial charge >= 0.3 is 17.1 Å². The molecular weight excluding hydrogens is 548 g/mol. The molecule has 0 fully saturated rings. The smallest absolute Gasteiger partial charge is 0.331 e. The molecule has 233 valence electrons. The molecule has 1 radical (unpaired) electrons. The van der Waals surface area contributed by atoms with E-state index >= 15 is 0 Å². The van der Waals surface area contributed by atoms with Crippen LogP contribution in [0.1, 0.15) is 123 Å². The van der Waals surface area contributed by atoms with Crippen molar-refractivity contribution in [3.63, 3.8) is 0 Å². The monoisotopic (exact) mass is 605 g/mol. The SMILES string of the molecule is [CH2-]C(C)(C)C(=O)CC(=O)C(C)(C)C.[CH2-]C(C)(C)C(=O)CC(=O)C(C)(C)C.[CH2-]C(C)(C)C(=O)CC(=O)C(C)(C)C.[Fe+3]. The van der Waals surface area contributed by atoms with Crippen LogP contribution in [0.15, 0.2) is 0 Å². The van der Waals surface area contributed by atoms with E-state index in [2.05, 4.69) is 20.8 Å². The van der Waals surface area contributed by atoms with Crippen LogP contribution in [0.2, 0.25) is 0 Å². The van der Waals surface area contributed by atoms with Crippen molar-refractivity contribution in [2.24, 2.45) is 32.5 Å². The summed E-state index contributed by atoms with van der Waals surface area (Å²) in [5.41, 5.74) is -3.24. The average molecular weight is 606 g/mol. The van der Waals surface area contributed by atoms with Crippen LogP contribution in [0.25, 0.3) is 0 Å². The zero-order chi connectivity index (χ0) is 32.6. The molecule has 0 N–H and O–H groups in total. The molecule has 6 nitrogen and oxygen atoms in total. The van der Waals surface area contributed by atoms with Gasteiger partial charge in [-0.2, -0.15) is 0 Å². The fraction of sp³-hybridized carbons (Fsp3) is 0.727. The minimum absolute atomic E-state index is 0. The molecule has 0 atom stereocenters. The van der Waals surface area contributed by atoms with Crippen molar-refractivity contribution < 1.29 is 45.8 Å². The molecule has 40 heavy (non-hydrogen) atoms. The molecule has 0 aliphatic heterocycles. The summed E-state index contributed by atoms with van der Waals surface area (Å²) in [5, 5.41) is 0. The van der Waals surface area contributed by atoms with Gasteiger partial charge in [-0.25, -0.2) is 0 Å². The molecule has 0 bridgehead atoms. The van der Waals surface area contributed by atoms with Gasteiger partial charge in [-0.05, 0) is 0 Å². The first-order chi connectivity index (χ1) is 16.6. The fourth-order valence-electron chi connectivity index (χ4n) is 1.95. The van der Waals surface area contributed by atoms with Gasteiger partial charge in [0, 0.05) is 16.2 Å². The number of ketones is 6. The maximum Gasteiger partial charge on any atom is 3.00 e. The van der Waals surface area contributed by atoms with E-state index in [1.165, 1.54) is 0 Å². The minimum Gasteiger partial charge on any atom is -0.331 e. The maximum atomic E-state index is 11.5. The van der Waals surface area contributed by atoms with Crippen LogP contribution in [0.4, 0.5) is 0 Å². The third-order valence-corrected chi connectivity index (χ3v) is 5.74. The van der Waals surface area contributed by atoms with Crippen LogP contribution >= 0.6 is 0 Å². The number of Topliss-reactive ketones (excluding diaryl/α,β-unsaturated/α-hetero) is 6. The summed E-state index contributed by atoms with van der Waals surface area (Å²) in [6.07, 6.45) is -0.000000000000000666. The van der Waals surface area contributed by atoms with E-state index in [0.717, 1.165) is 0 Å². The molecular formula is C33H57FeO6. The molecule has 0 aromatic heterocycles. The summed E-state index contributed by atoms with van der Waals surface area (Å²) in [4.78, 5) is 68.7. The van der Waals surface area contributed by atoms with Crippen LogP contribution in [0, 0.1) is 53.3 Å². The Kier molecular flexibility index (Phi) is 18.5. The van der Waals surface area contributed by atoms with Crippen LogP contribution in [0.3, 0.4) is 0 Å². The van der Waals surface area contributed by atoms with Crippen molar-refractivity contribution in [3.8, 4) is 0 Å². The van der Waals surface area contributed by atoms with Gasteiger partial charge < -0.3 is 35.2 Å². The van der Waals surface area contributed by atoms with Crippen molar-refractivity contribution in [2.45, 2.75) is 123 Å². The number of carbonyl (C=O) groups excluding carboxylic acids is 6. The fourth-order valence-corrected chi connectivity index (χ4v) is 1.95. The summed E-state index contributed by atoms with van der Waals surface area (Å²) in [6.45, 7) is 37.8. The van der Waals surface area contributed by atoms with Crippen LogP contribution in [0.5, 0.6) is 0 Å². The van der Waals surface area contributed by atoms with Crippen LogP contribution in [-0.2, 0) is 45.8 Å². The molecule has 0 aromatic carbocycles. The normalized spacial score (nSPS) is 12.4. The summed E-state index contributed by atoms with van der Waals surface area (Å²) in [6, 6.07) is 0. The predicted octanol–water partition coefficient (Wildman–Crippen LogP) is 7.26. The molecule has 0 aromatic rings. The van der Waals surface area contributed by atoms with E-state index in [-0.39, 0.29) is 71.0 Å². The maximum absolute atomic E-state index is 11.5. The second-order valence-electron chi connectivity index (χ2n) is 15.5. The number of carbonyl (C=O) groups is 6. The van der Waals surface area contributed by atoms with Gasteiger partial charge in [-0.15, -0.1) is 16.2 Å². The third kappa shape index (κ3) is 21.3. The Labute approximate surface area is 256 Å². The van der Waals surface area contributed by atoms with E-state index in [0.29, 0.717) is 0 Å². The second kappa shape index (κ2) is 16.2. The van der Waals surface area contributed by atoms with Gasteiger partial charge in [-0.1, -0.05) is 104 Å². The summed E-state index contributed by atoms with van der Waals surface area (Å²) in [7, 11) is 0. The van der Waals surface area contributed by atoms with Crippen LogP contribution < -0.4 is 0 Å². The Balaban J connectivity index is -0.000000240. The Morgan fingerprint density at radius 3 is 0.550 bits per heavy atom. The molecule has 0 heterocycles. The predicted molar refractivity (Wildman–Crippen MR) is 160 cm³/mol. The van der Waals surface area contributed by atoms with Gasteiger partial charge in [0.15, 0.2) is 0 Å².